The van der Waals surface area contributed by atoms with Crippen LogP contribution in [0.25, 0.3) is 5.69 Å². The molecule has 1 heterocycles. The molecule has 0 saturated carbocycles. The van der Waals surface area contributed by atoms with Gasteiger partial charge in [-0.2, -0.15) is 0 Å². The lowest BCUT2D eigenvalue weighted by atomic mass is 10.2. The number of aryl methyl sites for hydroxylation is 1. The van der Waals surface area contributed by atoms with Gasteiger partial charge in [0.05, 0.1) is 4.92 Å². The fraction of sp³-hybridized carbons (Fsp3) is 0.111. The molecular formula is C9H7ClN4O2. The normalized spacial score (nSPS) is 10.4. The molecule has 6 nitrogen and oxygen atoms in total. The highest BCUT2D eigenvalue weighted by Gasteiger charge is 2.17. The molecule has 0 atom stereocenters. The van der Waals surface area contributed by atoms with Crippen molar-refractivity contribution in [1.82, 2.24) is 14.8 Å². The molecule has 0 saturated heterocycles. The van der Waals surface area contributed by atoms with E-state index in [-0.39, 0.29) is 5.69 Å². The summed E-state index contributed by atoms with van der Waals surface area (Å²) in [6.45, 7) is 1.71. The van der Waals surface area contributed by atoms with Crippen LogP contribution in [0, 0.1) is 17.0 Å². The molecule has 0 bridgehead atoms. The van der Waals surface area contributed by atoms with Crippen LogP contribution in [-0.4, -0.2) is 19.7 Å². The van der Waals surface area contributed by atoms with Gasteiger partial charge in [-0.1, -0.05) is 11.6 Å². The van der Waals surface area contributed by atoms with Crippen molar-refractivity contribution >= 4 is 17.3 Å². The molecule has 2 rings (SSSR count). The number of hydrogen-bond donors (Lipinski definition) is 0. The van der Waals surface area contributed by atoms with Gasteiger partial charge in [-0.15, -0.1) is 10.2 Å². The Kier molecular flexibility index (Phi) is 2.57. The van der Waals surface area contributed by atoms with Crippen LogP contribution in [-0.2, 0) is 0 Å². The summed E-state index contributed by atoms with van der Waals surface area (Å²) < 4.78 is 1.45. The van der Waals surface area contributed by atoms with Crippen LogP contribution in [0.5, 0.6) is 0 Å². The van der Waals surface area contributed by atoms with Crippen molar-refractivity contribution in [2.45, 2.75) is 6.92 Å². The SMILES string of the molecule is Cc1cc([N+](=O)[O-])c(-n2cnnc2)cc1Cl. The second-order valence-corrected chi connectivity index (χ2v) is 3.62. The maximum absolute atomic E-state index is 10.9. The van der Waals surface area contributed by atoms with Crippen molar-refractivity contribution in [2.75, 3.05) is 0 Å². The standard InChI is InChI=1S/C9H7ClN4O2/c1-6-2-9(14(15)16)8(3-7(6)10)13-4-11-12-5-13/h2-5H,1H3. The first-order valence-corrected chi connectivity index (χ1v) is 4.77. The summed E-state index contributed by atoms with van der Waals surface area (Å²) >= 11 is 5.93. The molecule has 0 amide bonds. The van der Waals surface area contributed by atoms with Crippen molar-refractivity contribution in [3.63, 3.8) is 0 Å². The minimum Gasteiger partial charge on any atom is -0.282 e. The summed E-state index contributed by atoms with van der Waals surface area (Å²) in [5.41, 5.74) is 0.984. The van der Waals surface area contributed by atoms with Gasteiger partial charge < -0.3 is 0 Å². The first-order chi connectivity index (χ1) is 7.59. The monoisotopic (exact) mass is 238 g/mol. The Morgan fingerprint density at radius 3 is 2.56 bits per heavy atom. The Balaban J connectivity index is 2.68. The molecule has 0 aliphatic rings. The average Bonchev–Trinajstić information content (AvgIpc) is 2.74. The molecule has 82 valence electrons. The van der Waals surface area contributed by atoms with Crippen LogP contribution in [0.1, 0.15) is 5.56 Å². The third kappa shape index (κ3) is 1.74. The molecule has 1 aromatic carbocycles. The van der Waals surface area contributed by atoms with Crippen molar-refractivity contribution in [1.29, 1.82) is 0 Å². The topological polar surface area (TPSA) is 73.8 Å². The highest BCUT2D eigenvalue weighted by atomic mass is 35.5. The van der Waals surface area contributed by atoms with E-state index in [1.165, 1.54) is 29.4 Å². The van der Waals surface area contributed by atoms with E-state index < -0.39 is 4.92 Å². The lowest BCUT2D eigenvalue weighted by molar-refractivity contribution is -0.384. The first-order valence-electron chi connectivity index (χ1n) is 4.39. The first kappa shape index (κ1) is 10.6. The van der Waals surface area contributed by atoms with Crippen molar-refractivity contribution < 1.29 is 4.92 Å². The predicted octanol–water partition coefficient (Wildman–Crippen LogP) is 2.14. The smallest absolute Gasteiger partial charge is 0.282 e. The number of halogens is 1. The van der Waals surface area contributed by atoms with Crippen molar-refractivity contribution in [3.8, 4) is 5.69 Å². The van der Waals surface area contributed by atoms with E-state index in [1.807, 2.05) is 0 Å². The maximum atomic E-state index is 10.9. The second-order valence-electron chi connectivity index (χ2n) is 3.22. The molecule has 0 aliphatic carbocycles. The summed E-state index contributed by atoms with van der Waals surface area (Å²) in [7, 11) is 0. The Morgan fingerprint density at radius 2 is 2.00 bits per heavy atom. The Labute approximate surface area is 95.6 Å². The molecule has 0 radical (unpaired) electrons. The van der Waals surface area contributed by atoms with Crippen molar-refractivity contribution in [2.24, 2.45) is 0 Å². The third-order valence-corrected chi connectivity index (χ3v) is 2.56. The number of nitro benzene ring substituents is 1. The maximum Gasteiger partial charge on any atom is 0.293 e. The van der Waals surface area contributed by atoms with Gasteiger partial charge in [0.15, 0.2) is 0 Å². The van der Waals surface area contributed by atoms with Crippen LogP contribution < -0.4 is 0 Å². The average molecular weight is 239 g/mol. The summed E-state index contributed by atoms with van der Waals surface area (Å²) in [5, 5.41) is 18.6. The summed E-state index contributed by atoms with van der Waals surface area (Å²) in [6.07, 6.45) is 2.77. The molecule has 0 aliphatic heterocycles. The van der Waals surface area contributed by atoms with Gasteiger partial charge in [0.25, 0.3) is 5.69 Å². The molecule has 1 aromatic heterocycles. The number of rotatable bonds is 2. The molecule has 0 spiro atoms. The molecule has 0 unspecified atom stereocenters. The van der Waals surface area contributed by atoms with E-state index in [2.05, 4.69) is 10.2 Å². The molecule has 0 N–H and O–H groups in total. The highest BCUT2D eigenvalue weighted by Crippen LogP contribution is 2.28. The number of hydrogen-bond acceptors (Lipinski definition) is 4. The minimum absolute atomic E-state index is 0.0262. The van der Waals surface area contributed by atoms with E-state index in [0.717, 1.165) is 0 Å². The lowest BCUT2D eigenvalue weighted by Gasteiger charge is -2.05. The zero-order chi connectivity index (χ0) is 11.7. The van der Waals surface area contributed by atoms with E-state index in [0.29, 0.717) is 16.3 Å². The van der Waals surface area contributed by atoms with Crippen LogP contribution in [0.15, 0.2) is 24.8 Å². The Morgan fingerprint density at radius 1 is 1.38 bits per heavy atom. The van der Waals surface area contributed by atoms with Crippen LogP contribution >= 0.6 is 11.6 Å². The molecule has 7 heteroatoms. The third-order valence-electron chi connectivity index (χ3n) is 2.15. The Bertz CT molecular complexity index is 539. The van der Waals surface area contributed by atoms with Crippen LogP contribution in [0.3, 0.4) is 0 Å². The number of benzene rings is 1. The highest BCUT2D eigenvalue weighted by molar-refractivity contribution is 6.31. The number of aromatic nitrogens is 3. The summed E-state index contributed by atoms with van der Waals surface area (Å²) in [5.74, 6) is 0. The van der Waals surface area contributed by atoms with Crippen LogP contribution in [0.2, 0.25) is 5.02 Å². The molecular weight excluding hydrogens is 232 g/mol. The quantitative estimate of drug-likeness (QED) is 0.593. The molecule has 0 fully saturated rings. The minimum atomic E-state index is -0.460. The van der Waals surface area contributed by atoms with Gasteiger partial charge in [0, 0.05) is 11.1 Å². The largest absolute Gasteiger partial charge is 0.293 e. The second kappa shape index (κ2) is 3.90. The van der Waals surface area contributed by atoms with Gasteiger partial charge in [-0.25, -0.2) is 0 Å². The number of nitrogens with zero attached hydrogens (tertiary/aromatic N) is 4. The van der Waals surface area contributed by atoms with E-state index in [4.69, 9.17) is 11.6 Å². The zero-order valence-electron chi connectivity index (χ0n) is 8.29. The Hall–Kier alpha value is -1.95. The van der Waals surface area contributed by atoms with Gasteiger partial charge in [-0.3, -0.25) is 14.7 Å². The summed E-state index contributed by atoms with van der Waals surface area (Å²) in [4.78, 5) is 10.4. The lowest BCUT2D eigenvalue weighted by Crippen LogP contribution is -1.99. The van der Waals surface area contributed by atoms with Gasteiger partial charge >= 0.3 is 0 Å². The van der Waals surface area contributed by atoms with E-state index >= 15 is 0 Å². The van der Waals surface area contributed by atoms with Gasteiger partial charge in [-0.05, 0) is 18.6 Å². The fourth-order valence-electron chi connectivity index (χ4n) is 1.33. The van der Waals surface area contributed by atoms with Gasteiger partial charge in [0.2, 0.25) is 0 Å². The van der Waals surface area contributed by atoms with Crippen molar-refractivity contribution in [3.05, 3.63) is 45.5 Å². The van der Waals surface area contributed by atoms with Gasteiger partial charge in [0.1, 0.15) is 18.3 Å². The fourth-order valence-corrected chi connectivity index (χ4v) is 1.49. The van der Waals surface area contributed by atoms with E-state index in [9.17, 15) is 10.1 Å². The predicted molar refractivity (Wildman–Crippen MR) is 57.8 cm³/mol. The van der Waals surface area contributed by atoms with E-state index in [1.54, 1.807) is 6.92 Å². The zero-order valence-corrected chi connectivity index (χ0v) is 9.05. The summed E-state index contributed by atoms with van der Waals surface area (Å²) in [6, 6.07) is 2.95. The number of nitro groups is 1. The van der Waals surface area contributed by atoms with Crippen LogP contribution in [0.4, 0.5) is 5.69 Å². The molecule has 2 aromatic rings. The molecule has 16 heavy (non-hydrogen) atoms.